The molecule has 21 heavy (non-hydrogen) atoms. The van der Waals surface area contributed by atoms with E-state index in [9.17, 15) is 4.39 Å². The van der Waals surface area contributed by atoms with Gasteiger partial charge in [0.1, 0.15) is 23.0 Å². The number of anilines is 1. The van der Waals surface area contributed by atoms with Crippen molar-refractivity contribution in [3.05, 3.63) is 46.9 Å². The zero-order chi connectivity index (χ0) is 14.8. The third-order valence-corrected chi connectivity index (χ3v) is 3.81. The van der Waals surface area contributed by atoms with Crippen molar-refractivity contribution in [2.45, 2.75) is 13.5 Å². The molecule has 108 valence electrons. The van der Waals surface area contributed by atoms with Crippen LogP contribution < -0.4 is 16.0 Å². The van der Waals surface area contributed by atoms with Crippen molar-refractivity contribution in [3.8, 4) is 5.75 Å². The normalized spacial score (nSPS) is 10.8. The number of nitrogen functional groups attached to an aromatic ring is 1. The molecule has 0 saturated carbocycles. The van der Waals surface area contributed by atoms with E-state index in [2.05, 4.69) is 15.4 Å². The van der Waals surface area contributed by atoms with Gasteiger partial charge in [0.2, 0.25) is 0 Å². The molecule has 0 spiro atoms. The highest BCUT2D eigenvalue weighted by molar-refractivity contribution is 7.16. The number of aromatic nitrogens is 2. The molecule has 0 fully saturated rings. The van der Waals surface area contributed by atoms with Crippen molar-refractivity contribution in [2.24, 2.45) is 5.84 Å². The quantitative estimate of drug-likeness (QED) is 0.572. The molecule has 0 bridgehead atoms. The summed E-state index contributed by atoms with van der Waals surface area (Å²) in [6.45, 7) is 1.98. The van der Waals surface area contributed by atoms with Crippen molar-refractivity contribution >= 4 is 27.4 Å². The monoisotopic (exact) mass is 304 g/mol. The number of ether oxygens (including phenoxy) is 1. The average Bonchev–Trinajstić information content (AvgIpc) is 2.93. The Labute approximate surface area is 124 Å². The third-order valence-electron chi connectivity index (χ3n) is 3.00. The number of halogens is 1. The number of nitrogens with one attached hydrogen (secondary N) is 1. The maximum Gasteiger partial charge on any atom is 0.169 e. The van der Waals surface area contributed by atoms with Crippen LogP contribution in [-0.2, 0) is 6.61 Å². The summed E-state index contributed by atoms with van der Waals surface area (Å²) in [5, 5.41) is 2.80. The predicted octanol–water partition coefficient (Wildman–Crippen LogP) is 3.00. The van der Waals surface area contributed by atoms with Crippen molar-refractivity contribution in [3.63, 3.8) is 0 Å². The summed E-state index contributed by atoms with van der Waals surface area (Å²) in [5.74, 6) is 6.87. The van der Waals surface area contributed by atoms with Gasteiger partial charge < -0.3 is 10.2 Å². The largest absolute Gasteiger partial charge is 0.485 e. The van der Waals surface area contributed by atoms with E-state index in [0.717, 1.165) is 15.8 Å². The molecule has 0 unspecified atom stereocenters. The molecule has 3 N–H and O–H groups in total. The molecule has 0 aliphatic rings. The smallest absolute Gasteiger partial charge is 0.169 e. The van der Waals surface area contributed by atoms with Crippen LogP contribution in [0.15, 0.2) is 29.6 Å². The van der Waals surface area contributed by atoms with Crippen molar-refractivity contribution in [1.29, 1.82) is 0 Å². The van der Waals surface area contributed by atoms with Gasteiger partial charge in [0.15, 0.2) is 11.6 Å². The lowest BCUT2D eigenvalue weighted by Crippen LogP contribution is -2.11. The maximum absolute atomic E-state index is 13.0. The molecule has 5 nitrogen and oxygen atoms in total. The third kappa shape index (κ3) is 2.79. The lowest BCUT2D eigenvalue weighted by Gasteiger charge is -2.09. The van der Waals surface area contributed by atoms with E-state index in [1.807, 2.05) is 11.4 Å². The number of hydrogen-bond acceptors (Lipinski definition) is 6. The molecular weight excluding hydrogens is 291 g/mol. The van der Waals surface area contributed by atoms with Gasteiger partial charge in [-0.05, 0) is 42.1 Å². The van der Waals surface area contributed by atoms with Crippen molar-refractivity contribution in [2.75, 3.05) is 5.43 Å². The van der Waals surface area contributed by atoms with Crippen LogP contribution in [0.4, 0.5) is 10.2 Å². The van der Waals surface area contributed by atoms with E-state index in [0.29, 0.717) is 17.4 Å². The lowest BCUT2D eigenvalue weighted by molar-refractivity contribution is 0.294. The van der Waals surface area contributed by atoms with Gasteiger partial charge in [-0.15, -0.1) is 11.3 Å². The summed E-state index contributed by atoms with van der Waals surface area (Å²) in [5.41, 5.74) is 3.29. The number of aryl methyl sites for hydroxylation is 1. The fourth-order valence-corrected chi connectivity index (χ4v) is 2.77. The highest BCUT2D eigenvalue weighted by Crippen LogP contribution is 2.25. The molecule has 2 heterocycles. The average molecular weight is 304 g/mol. The van der Waals surface area contributed by atoms with E-state index in [4.69, 9.17) is 10.6 Å². The van der Waals surface area contributed by atoms with Crippen LogP contribution in [0.3, 0.4) is 0 Å². The first-order valence-electron chi connectivity index (χ1n) is 6.27. The van der Waals surface area contributed by atoms with Gasteiger partial charge in [0, 0.05) is 0 Å². The van der Waals surface area contributed by atoms with Gasteiger partial charge in [-0.1, -0.05) is 0 Å². The summed E-state index contributed by atoms with van der Waals surface area (Å²) in [6.07, 6.45) is 0. The number of nitrogens with zero attached hydrogens (tertiary/aromatic N) is 2. The molecule has 7 heteroatoms. The molecule has 0 aliphatic heterocycles. The molecule has 3 rings (SSSR count). The lowest BCUT2D eigenvalue weighted by atomic mass is 10.2. The minimum absolute atomic E-state index is 0.189. The van der Waals surface area contributed by atoms with E-state index >= 15 is 0 Å². The Balaban J connectivity index is 1.84. The van der Waals surface area contributed by atoms with Gasteiger partial charge >= 0.3 is 0 Å². The fourth-order valence-electron chi connectivity index (χ4n) is 1.99. The second-order valence-corrected chi connectivity index (χ2v) is 5.37. The summed E-state index contributed by atoms with van der Waals surface area (Å²) in [7, 11) is 0. The van der Waals surface area contributed by atoms with Crippen LogP contribution >= 0.6 is 11.3 Å². The van der Waals surface area contributed by atoms with Crippen LogP contribution in [-0.4, -0.2) is 9.97 Å². The summed E-state index contributed by atoms with van der Waals surface area (Å²) < 4.78 is 18.7. The Morgan fingerprint density at radius 3 is 2.95 bits per heavy atom. The molecule has 1 aromatic carbocycles. The predicted molar refractivity (Wildman–Crippen MR) is 80.7 cm³/mol. The second-order valence-electron chi connectivity index (χ2n) is 4.47. The summed E-state index contributed by atoms with van der Waals surface area (Å²) >= 11 is 1.51. The SMILES string of the molecule is Cc1cc(F)ccc1OCc1nc(NN)c2ccsc2n1. The fraction of sp³-hybridized carbons (Fsp3) is 0.143. The van der Waals surface area contributed by atoms with Crippen LogP contribution in [0.1, 0.15) is 11.4 Å². The number of benzene rings is 1. The minimum Gasteiger partial charge on any atom is -0.485 e. The highest BCUT2D eigenvalue weighted by Gasteiger charge is 2.09. The summed E-state index contributed by atoms with van der Waals surface area (Å²) in [6, 6.07) is 6.28. The highest BCUT2D eigenvalue weighted by atomic mass is 32.1. The Morgan fingerprint density at radius 2 is 2.19 bits per heavy atom. The van der Waals surface area contributed by atoms with Crippen molar-refractivity contribution < 1.29 is 9.13 Å². The molecular formula is C14H13FN4OS. The first-order valence-corrected chi connectivity index (χ1v) is 7.15. The minimum atomic E-state index is -0.286. The van der Waals surface area contributed by atoms with Crippen molar-refractivity contribution in [1.82, 2.24) is 9.97 Å². The number of fused-ring (bicyclic) bond motifs is 1. The summed E-state index contributed by atoms with van der Waals surface area (Å²) in [4.78, 5) is 9.57. The second kappa shape index (κ2) is 5.63. The number of thiophene rings is 1. The van der Waals surface area contributed by atoms with E-state index < -0.39 is 0 Å². The van der Waals surface area contributed by atoms with Crippen LogP contribution in [0, 0.1) is 12.7 Å². The Hall–Kier alpha value is -2.25. The molecule has 0 saturated heterocycles. The Morgan fingerprint density at radius 1 is 1.33 bits per heavy atom. The van der Waals surface area contributed by atoms with E-state index in [1.54, 1.807) is 13.0 Å². The van der Waals surface area contributed by atoms with Crippen LogP contribution in [0.5, 0.6) is 5.75 Å². The number of hydrazine groups is 1. The molecule has 0 amide bonds. The zero-order valence-corrected chi connectivity index (χ0v) is 12.1. The van der Waals surface area contributed by atoms with Gasteiger partial charge in [-0.25, -0.2) is 20.2 Å². The number of rotatable bonds is 4. The van der Waals surface area contributed by atoms with Gasteiger partial charge in [0.05, 0.1) is 5.39 Å². The number of hydrogen-bond donors (Lipinski definition) is 2. The van der Waals surface area contributed by atoms with E-state index in [-0.39, 0.29) is 12.4 Å². The molecule has 0 radical (unpaired) electrons. The number of nitrogens with two attached hydrogens (primary N) is 1. The first kappa shape index (κ1) is 13.7. The van der Waals surface area contributed by atoms with Gasteiger partial charge in [-0.3, -0.25) is 0 Å². The Bertz CT molecular complexity index is 790. The van der Waals surface area contributed by atoms with Gasteiger partial charge in [-0.2, -0.15) is 0 Å². The van der Waals surface area contributed by atoms with E-state index in [1.165, 1.54) is 23.5 Å². The maximum atomic E-state index is 13.0. The molecule has 0 atom stereocenters. The van der Waals surface area contributed by atoms with Crippen LogP contribution in [0.25, 0.3) is 10.2 Å². The molecule has 3 aromatic rings. The first-order chi connectivity index (χ1) is 10.2. The topological polar surface area (TPSA) is 73.1 Å². The molecule has 2 aromatic heterocycles. The Kier molecular flexibility index (Phi) is 3.68. The standard InChI is InChI=1S/C14H13FN4OS/c1-8-6-9(15)2-3-11(8)20-7-12-17-13(19-16)10-4-5-21-14(10)18-12/h2-6H,7,16H2,1H3,(H,17,18,19). The molecule has 0 aliphatic carbocycles. The zero-order valence-electron chi connectivity index (χ0n) is 11.3. The van der Waals surface area contributed by atoms with Crippen LogP contribution in [0.2, 0.25) is 0 Å². The van der Waals surface area contributed by atoms with Gasteiger partial charge in [0.25, 0.3) is 0 Å².